The van der Waals surface area contributed by atoms with Crippen LogP contribution in [0.15, 0.2) is 84.6 Å². The van der Waals surface area contributed by atoms with Gasteiger partial charge in [-0.3, -0.25) is 14.4 Å². The smallest absolute Gasteiger partial charge is 0.282 e. The molecule has 1 aliphatic heterocycles. The first kappa shape index (κ1) is 23.0. The Hall–Kier alpha value is -4.19. The Bertz CT molecular complexity index is 1270. The van der Waals surface area contributed by atoms with Gasteiger partial charge in [-0.2, -0.15) is 0 Å². The van der Waals surface area contributed by atoms with Crippen LogP contribution in [-0.2, 0) is 19.8 Å². The van der Waals surface area contributed by atoms with Crippen molar-refractivity contribution in [2.45, 2.75) is 33.1 Å². The number of hydrogen-bond donors (Lipinski definition) is 2. The third-order valence-electron chi connectivity index (χ3n) is 5.61. The minimum Gasteiger partial charge on any atom is -0.350 e. The number of rotatable bonds is 5. The summed E-state index contributed by atoms with van der Waals surface area (Å²) in [4.78, 5) is 39.6. The number of carbonyl (C=O) groups excluding carboxylic acids is 3. The van der Waals surface area contributed by atoms with E-state index in [4.69, 9.17) is 0 Å². The summed E-state index contributed by atoms with van der Waals surface area (Å²) in [6.07, 6.45) is 0. The number of hydrogen-bond acceptors (Lipinski definition) is 4. The molecule has 3 amide bonds. The minimum atomic E-state index is -0.418. The molecule has 2 N–H and O–H groups in total. The van der Waals surface area contributed by atoms with Crippen LogP contribution >= 0.6 is 0 Å². The maximum absolute atomic E-state index is 13.5. The molecule has 0 aromatic heterocycles. The molecule has 0 saturated heterocycles. The van der Waals surface area contributed by atoms with Gasteiger partial charge in [0.2, 0.25) is 5.91 Å². The molecule has 0 aliphatic carbocycles. The lowest BCUT2D eigenvalue weighted by atomic mass is 9.87. The lowest BCUT2D eigenvalue weighted by Crippen LogP contribution is -2.32. The summed E-state index contributed by atoms with van der Waals surface area (Å²) in [6, 6.07) is 23.6. The second kappa shape index (κ2) is 8.98. The van der Waals surface area contributed by atoms with E-state index in [9.17, 15) is 14.4 Å². The maximum atomic E-state index is 13.5. The van der Waals surface area contributed by atoms with Crippen LogP contribution < -0.4 is 15.5 Å². The van der Waals surface area contributed by atoms with E-state index in [-0.39, 0.29) is 22.9 Å². The van der Waals surface area contributed by atoms with Gasteiger partial charge in [0.05, 0.1) is 11.3 Å². The average molecular weight is 454 g/mol. The van der Waals surface area contributed by atoms with Crippen molar-refractivity contribution in [3.8, 4) is 0 Å². The number of amides is 3. The molecule has 0 radical (unpaired) electrons. The Morgan fingerprint density at radius 3 is 1.91 bits per heavy atom. The third kappa shape index (κ3) is 4.62. The molecular weight excluding hydrogens is 426 g/mol. The monoisotopic (exact) mass is 453 g/mol. The number of nitrogens with one attached hydrogen (secondary N) is 2. The molecule has 3 aromatic carbocycles. The molecule has 1 aliphatic rings. The first-order valence-electron chi connectivity index (χ1n) is 11.1. The van der Waals surface area contributed by atoms with Crippen molar-refractivity contribution in [3.05, 3.63) is 95.7 Å². The Morgan fingerprint density at radius 1 is 0.765 bits per heavy atom. The summed E-state index contributed by atoms with van der Waals surface area (Å²) in [5, 5.41) is 5.85. The lowest BCUT2D eigenvalue weighted by Gasteiger charge is -2.21. The highest BCUT2D eigenvalue weighted by molar-refractivity contribution is 6.46. The fourth-order valence-corrected chi connectivity index (χ4v) is 3.85. The zero-order valence-corrected chi connectivity index (χ0v) is 19.7. The molecule has 0 atom stereocenters. The average Bonchev–Trinajstić information content (AvgIpc) is 3.04. The van der Waals surface area contributed by atoms with E-state index in [1.165, 1.54) is 11.8 Å². The highest BCUT2D eigenvalue weighted by Gasteiger charge is 2.40. The van der Waals surface area contributed by atoms with Gasteiger partial charge in [0.1, 0.15) is 5.70 Å². The summed E-state index contributed by atoms with van der Waals surface area (Å²) < 4.78 is 0. The van der Waals surface area contributed by atoms with E-state index < -0.39 is 5.91 Å². The second-order valence-corrected chi connectivity index (χ2v) is 9.24. The molecule has 0 unspecified atom stereocenters. The van der Waals surface area contributed by atoms with Crippen LogP contribution in [0.4, 0.5) is 17.1 Å². The molecule has 6 nitrogen and oxygen atoms in total. The van der Waals surface area contributed by atoms with E-state index in [0.29, 0.717) is 28.2 Å². The number of benzene rings is 3. The number of anilines is 3. The van der Waals surface area contributed by atoms with Gasteiger partial charge in [-0.25, -0.2) is 4.90 Å². The number of carbonyl (C=O) groups is 3. The topological polar surface area (TPSA) is 78.5 Å². The molecule has 0 saturated carbocycles. The fraction of sp³-hybridized carbons (Fsp3) is 0.179. The Labute approximate surface area is 199 Å². The van der Waals surface area contributed by atoms with Gasteiger partial charge in [-0.05, 0) is 52.9 Å². The van der Waals surface area contributed by atoms with Crippen molar-refractivity contribution in [3.63, 3.8) is 0 Å². The molecule has 0 bridgehead atoms. The number of imide groups is 1. The molecule has 0 fully saturated rings. The van der Waals surface area contributed by atoms with Crippen LogP contribution in [0.2, 0.25) is 0 Å². The van der Waals surface area contributed by atoms with Crippen LogP contribution in [0.25, 0.3) is 5.57 Å². The van der Waals surface area contributed by atoms with E-state index >= 15 is 0 Å². The molecule has 3 aromatic rings. The zero-order valence-electron chi connectivity index (χ0n) is 19.7. The molecule has 1 heterocycles. The predicted molar refractivity (Wildman–Crippen MR) is 135 cm³/mol. The van der Waals surface area contributed by atoms with Crippen molar-refractivity contribution < 1.29 is 14.4 Å². The van der Waals surface area contributed by atoms with E-state index in [0.717, 1.165) is 5.56 Å². The van der Waals surface area contributed by atoms with Gasteiger partial charge in [0, 0.05) is 18.3 Å². The van der Waals surface area contributed by atoms with Gasteiger partial charge in [-0.15, -0.1) is 0 Å². The van der Waals surface area contributed by atoms with Crippen LogP contribution in [0, 0.1) is 0 Å². The number of nitrogens with zero attached hydrogens (tertiary/aromatic N) is 1. The SMILES string of the molecule is CC(=O)Nc1ccc(NC2=C(c3ccccc3)C(=O)N(c3ccc(C(C)(C)C)cc3)C2=O)cc1. The first-order valence-corrected chi connectivity index (χ1v) is 11.1. The van der Waals surface area contributed by atoms with Crippen molar-refractivity contribution in [1.29, 1.82) is 0 Å². The highest BCUT2D eigenvalue weighted by atomic mass is 16.2. The standard InChI is InChI=1S/C28H27N3O3/c1-18(32)29-21-12-14-22(15-13-21)30-25-24(19-8-6-5-7-9-19)26(33)31(27(25)34)23-16-10-20(11-17-23)28(2,3)4/h5-17,30H,1-4H3,(H,29,32). The Kier molecular flexibility index (Phi) is 6.07. The van der Waals surface area contributed by atoms with Gasteiger partial charge in [0.15, 0.2) is 0 Å². The van der Waals surface area contributed by atoms with Crippen molar-refractivity contribution in [1.82, 2.24) is 0 Å². The van der Waals surface area contributed by atoms with Gasteiger partial charge >= 0.3 is 0 Å². The van der Waals surface area contributed by atoms with E-state index in [2.05, 4.69) is 31.4 Å². The van der Waals surface area contributed by atoms with Crippen LogP contribution in [0.5, 0.6) is 0 Å². The van der Waals surface area contributed by atoms with E-state index in [1.807, 2.05) is 54.6 Å². The van der Waals surface area contributed by atoms with Crippen LogP contribution in [0.1, 0.15) is 38.8 Å². The molecule has 0 spiro atoms. The fourth-order valence-electron chi connectivity index (χ4n) is 3.85. The summed E-state index contributed by atoms with van der Waals surface area (Å²) in [5.41, 5.74) is 4.06. The molecule has 34 heavy (non-hydrogen) atoms. The second-order valence-electron chi connectivity index (χ2n) is 9.24. The largest absolute Gasteiger partial charge is 0.350 e. The van der Waals surface area contributed by atoms with Crippen LogP contribution in [0.3, 0.4) is 0 Å². The van der Waals surface area contributed by atoms with Gasteiger partial charge < -0.3 is 10.6 Å². The Balaban J connectivity index is 1.71. The first-order chi connectivity index (χ1) is 16.1. The molecule has 6 heteroatoms. The zero-order chi connectivity index (χ0) is 24.5. The maximum Gasteiger partial charge on any atom is 0.282 e. The van der Waals surface area contributed by atoms with Crippen molar-refractivity contribution >= 4 is 40.4 Å². The van der Waals surface area contributed by atoms with Gasteiger partial charge in [-0.1, -0.05) is 63.2 Å². The molecule has 172 valence electrons. The minimum absolute atomic E-state index is 0.0405. The summed E-state index contributed by atoms with van der Waals surface area (Å²) in [5.74, 6) is -0.963. The van der Waals surface area contributed by atoms with Crippen molar-refractivity contribution in [2.24, 2.45) is 0 Å². The highest BCUT2D eigenvalue weighted by Crippen LogP contribution is 2.34. The molecule has 4 rings (SSSR count). The third-order valence-corrected chi connectivity index (χ3v) is 5.61. The molecular formula is C28H27N3O3. The Morgan fingerprint density at radius 2 is 1.35 bits per heavy atom. The van der Waals surface area contributed by atoms with Gasteiger partial charge in [0.25, 0.3) is 11.8 Å². The van der Waals surface area contributed by atoms with Crippen molar-refractivity contribution in [2.75, 3.05) is 15.5 Å². The van der Waals surface area contributed by atoms with E-state index in [1.54, 1.807) is 24.3 Å². The lowest BCUT2D eigenvalue weighted by molar-refractivity contribution is -0.120. The predicted octanol–water partition coefficient (Wildman–Crippen LogP) is 5.34. The normalized spacial score (nSPS) is 13.9. The summed E-state index contributed by atoms with van der Waals surface area (Å²) >= 11 is 0. The summed E-state index contributed by atoms with van der Waals surface area (Å²) in [7, 11) is 0. The van der Waals surface area contributed by atoms with Crippen LogP contribution in [-0.4, -0.2) is 17.7 Å². The quantitative estimate of drug-likeness (QED) is 0.511. The summed E-state index contributed by atoms with van der Waals surface area (Å²) in [6.45, 7) is 7.78.